The van der Waals surface area contributed by atoms with Gasteiger partial charge in [0.1, 0.15) is 6.04 Å². The number of ether oxygens (including phenoxy) is 1. The first-order valence-corrected chi connectivity index (χ1v) is 4.73. The molecule has 2 fully saturated rings. The summed E-state index contributed by atoms with van der Waals surface area (Å²) in [6.07, 6.45) is 2.48. The summed E-state index contributed by atoms with van der Waals surface area (Å²) in [5.41, 5.74) is 0. The SMILES string of the molecule is CCOC(=O)[C@@H]1NC[C@H]2CC[C@H]21. The number of esters is 1. The molecule has 68 valence electrons. The summed E-state index contributed by atoms with van der Waals surface area (Å²) in [5, 5.41) is 3.23. The van der Waals surface area contributed by atoms with Crippen LogP contribution in [0.15, 0.2) is 0 Å². The van der Waals surface area contributed by atoms with E-state index in [0.29, 0.717) is 12.5 Å². The van der Waals surface area contributed by atoms with Gasteiger partial charge in [0.15, 0.2) is 0 Å². The van der Waals surface area contributed by atoms with Crippen LogP contribution in [0.25, 0.3) is 0 Å². The summed E-state index contributed by atoms with van der Waals surface area (Å²) in [6.45, 7) is 3.35. The Kier molecular flexibility index (Phi) is 2.05. The van der Waals surface area contributed by atoms with Crippen LogP contribution in [0.3, 0.4) is 0 Å². The molecule has 0 spiro atoms. The Morgan fingerprint density at radius 2 is 2.42 bits per heavy atom. The van der Waals surface area contributed by atoms with Gasteiger partial charge in [0.2, 0.25) is 0 Å². The lowest BCUT2D eigenvalue weighted by Crippen LogP contribution is -2.39. The van der Waals surface area contributed by atoms with E-state index in [4.69, 9.17) is 4.74 Å². The monoisotopic (exact) mass is 169 g/mol. The molecule has 1 aliphatic carbocycles. The zero-order valence-electron chi connectivity index (χ0n) is 7.38. The predicted molar refractivity (Wildman–Crippen MR) is 44.6 cm³/mol. The molecular formula is C9H15NO2. The Morgan fingerprint density at radius 1 is 1.58 bits per heavy atom. The fourth-order valence-electron chi connectivity index (χ4n) is 2.21. The first-order valence-electron chi connectivity index (χ1n) is 4.73. The van der Waals surface area contributed by atoms with Crippen LogP contribution in [-0.4, -0.2) is 25.2 Å². The Hall–Kier alpha value is -0.570. The van der Waals surface area contributed by atoms with Crippen LogP contribution in [0.1, 0.15) is 19.8 Å². The van der Waals surface area contributed by atoms with Crippen LogP contribution < -0.4 is 5.32 Å². The number of fused-ring (bicyclic) bond motifs is 1. The van der Waals surface area contributed by atoms with Crippen LogP contribution in [-0.2, 0) is 9.53 Å². The van der Waals surface area contributed by atoms with Gasteiger partial charge < -0.3 is 10.1 Å². The summed E-state index contributed by atoms with van der Waals surface area (Å²) < 4.78 is 4.98. The van der Waals surface area contributed by atoms with Gasteiger partial charge in [0, 0.05) is 0 Å². The topological polar surface area (TPSA) is 38.3 Å². The van der Waals surface area contributed by atoms with Crippen LogP contribution in [0.4, 0.5) is 0 Å². The molecule has 0 aromatic heterocycles. The van der Waals surface area contributed by atoms with E-state index in [0.717, 1.165) is 12.5 Å². The summed E-state index contributed by atoms with van der Waals surface area (Å²) in [4.78, 5) is 11.4. The molecule has 0 radical (unpaired) electrons. The molecule has 0 amide bonds. The van der Waals surface area contributed by atoms with E-state index >= 15 is 0 Å². The molecule has 0 bridgehead atoms. The second-order valence-corrected chi connectivity index (χ2v) is 3.64. The minimum atomic E-state index is -0.0512. The highest BCUT2D eigenvalue weighted by molar-refractivity contribution is 5.76. The highest BCUT2D eigenvalue weighted by atomic mass is 16.5. The van der Waals surface area contributed by atoms with Gasteiger partial charge in [0.05, 0.1) is 6.61 Å². The Labute approximate surface area is 72.5 Å². The predicted octanol–water partition coefficient (Wildman–Crippen LogP) is 0.547. The van der Waals surface area contributed by atoms with Gasteiger partial charge in [-0.15, -0.1) is 0 Å². The summed E-state index contributed by atoms with van der Waals surface area (Å²) in [6, 6.07) is 0.00343. The fourth-order valence-corrected chi connectivity index (χ4v) is 2.21. The van der Waals surface area contributed by atoms with E-state index in [1.54, 1.807) is 0 Å². The van der Waals surface area contributed by atoms with Gasteiger partial charge in [-0.3, -0.25) is 4.79 Å². The number of hydrogen-bond acceptors (Lipinski definition) is 3. The number of nitrogens with one attached hydrogen (secondary N) is 1. The van der Waals surface area contributed by atoms with Crippen molar-refractivity contribution in [3.8, 4) is 0 Å². The zero-order chi connectivity index (χ0) is 8.55. The van der Waals surface area contributed by atoms with Crippen LogP contribution in [0, 0.1) is 11.8 Å². The van der Waals surface area contributed by atoms with Gasteiger partial charge in [0.25, 0.3) is 0 Å². The van der Waals surface area contributed by atoms with Crippen molar-refractivity contribution >= 4 is 5.97 Å². The minimum Gasteiger partial charge on any atom is -0.465 e. The lowest BCUT2D eigenvalue weighted by atomic mass is 9.73. The highest BCUT2D eigenvalue weighted by Gasteiger charge is 2.45. The smallest absolute Gasteiger partial charge is 0.323 e. The van der Waals surface area contributed by atoms with E-state index < -0.39 is 0 Å². The van der Waals surface area contributed by atoms with Crippen molar-refractivity contribution in [1.82, 2.24) is 5.32 Å². The maximum absolute atomic E-state index is 11.4. The number of hydrogen-bond donors (Lipinski definition) is 1. The summed E-state index contributed by atoms with van der Waals surface area (Å²) in [7, 11) is 0. The number of rotatable bonds is 2. The Morgan fingerprint density at radius 3 is 2.92 bits per heavy atom. The minimum absolute atomic E-state index is 0.00343. The van der Waals surface area contributed by atoms with E-state index in [-0.39, 0.29) is 12.0 Å². The molecule has 2 aliphatic rings. The molecule has 0 aromatic rings. The van der Waals surface area contributed by atoms with Crippen LogP contribution in [0.2, 0.25) is 0 Å². The molecular weight excluding hydrogens is 154 g/mol. The molecule has 3 heteroatoms. The first kappa shape index (κ1) is 8.05. The van der Waals surface area contributed by atoms with Gasteiger partial charge in [-0.1, -0.05) is 0 Å². The summed E-state index contributed by atoms with van der Waals surface area (Å²) >= 11 is 0. The molecule has 1 saturated carbocycles. The van der Waals surface area contributed by atoms with Gasteiger partial charge >= 0.3 is 5.97 Å². The molecule has 0 aromatic carbocycles. The Bertz CT molecular complexity index is 193. The van der Waals surface area contributed by atoms with Gasteiger partial charge in [-0.2, -0.15) is 0 Å². The molecule has 1 heterocycles. The van der Waals surface area contributed by atoms with Gasteiger partial charge in [-0.05, 0) is 38.1 Å². The van der Waals surface area contributed by atoms with Crippen molar-refractivity contribution in [1.29, 1.82) is 0 Å². The maximum Gasteiger partial charge on any atom is 0.323 e. The third-order valence-corrected chi connectivity index (χ3v) is 3.04. The quantitative estimate of drug-likeness (QED) is 0.613. The fraction of sp³-hybridized carbons (Fsp3) is 0.889. The van der Waals surface area contributed by atoms with Crippen molar-refractivity contribution < 1.29 is 9.53 Å². The maximum atomic E-state index is 11.4. The van der Waals surface area contributed by atoms with Crippen LogP contribution in [0.5, 0.6) is 0 Å². The average molecular weight is 169 g/mol. The zero-order valence-corrected chi connectivity index (χ0v) is 7.38. The van der Waals surface area contributed by atoms with Crippen molar-refractivity contribution in [3.05, 3.63) is 0 Å². The van der Waals surface area contributed by atoms with E-state index in [1.165, 1.54) is 12.8 Å². The molecule has 0 unspecified atom stereocenters. The summed E-state index contributed by atoms with van der Waals surface area (Å²) in [5.74, 6) is 1.27. The second-order valence-electron chi connectivity index (χ2n) is 3.64. The van der Waals surface area contributed by atoms with E-state index in [1.807, 2.05) is 6.92 Å². The van der Waals surface area contributed by atoms with Gasteiger partial charge in [-0.25, -0.2) is 0 Å². The molecule has 3 nitrogen and oxygen atoms in total. The molecule has 12 heavy (non-hydrogen) atoms. The lowest BCUT2D eigenvalue weighted by molar-refractivity contribution is -0.147. The Balaban J connectivity index is 1.91. The number of carbonyl (C=O) groups excluding carboxylic acids is 1. The molecule has 1 saturated heterocycles. The van der Waals surface area contributed by atoms with Crippen molar-refractivity contribution in [3.63, 3.8) is 0 Å². The third kappa shape index (κ3) is 1.12. The van der Waals surface area contributed by atoms with Crippen molar-refractivity contribution in [2.45, 2.75) is 25.8 Å². The largest absolute Gasteiger partial charge is 0.465 e. The standard InChI is InChI=1S/C9H15NO2/c1-2-12-9(11)8-7-4-3-6(7)5-10-8/h6-8,10H,2-5H2,1H3/t6-,7-,8-/m1/s1. The first-order chi connectivity index (χ1) is 5.83. The van der Waals surface area contributed by atoms with Crippen molar-refractivity contribution in [2.75, 3.05) is 13.2 Å². The molecule has 3 atom stereocenters. The second kappa shape index (κ2) is 3.05. The molecule has 2 rings (SSSR count). The lowest BCUT2D eigenvalue weighted by Gasteiger charge is -2.31. The van der Waals surface area contributed by atoms with E-state index in [9.17, 15) is 4.79 Å². The molecule has 1 aliphatic heterocycles. The normalized spacial score (nSPS) is 38.6. The van der Waals surface area contributed by atoms with Crippen molar-refractivity contribution in [2.24, 2.45) is 11.8 Å². The van der Waals surface area contributed by atoms with Crippen LogP contribution >= 0.6 is 0 Å². The number of carbonyl (C=O) groups is 1. The third-order valence-electron chi connectivity index (χ3n) is 3.04. The highest BCUT2D eigenvalue weighted by Crippen LogP contribution is 2.40. The average Bonchev–Trinajstić information content (AvgIpc) is 2.27. The molecule has 1 N–H and O–H groups in total. The van der Waals surface area contributed by atoms with E-state index in [2.05, 4.69) is 5.32 Å².